The monoisotopic (exact) mass is 414 g/mol. The van der Waals surface area contributed by atoms with Gasteiger partial charge in [0.2, 0.25) is 5.91 Å². The van der Waals surface area contributed by atoms with Gasteiger partial charge >= 0.3 is 0 Å². The zero-order valence-corrected chi connectivity index (χ0v) is 17.4. The van der Waals surface area contributed by atoms with Crippen LogP contribution in [0.5, 0.6) is 0 Å². The summed E-state index contributed by atoms with van der Waals surface area (Å²) in [6.07, 6.45) is 2.19. The Morgan fingerprint density at radius 3 is 2.62 bits per heavy atom. The Morgan fingerprint density at radius 1 is 1.17 bits per heavy atom. The standard InChI is InChI=1S/C23H27ClN2O3/c1-2-29-18-11-8-14-26(16-18)22(27)15-21(17-9-4-3-5-10-17)25-23(28)19-12-6-7-13-20(19)24/h3-7,9-10,12-13,18,21H,2,8,11,14-16H2,1H3,(H,25,28). The first-order chi connectivity index (χ1) is 14.1. The number of hydrogen-bond donors (Lipinski definition) is 1. The number of nitrogens with zero attached hydrogens (tertiary/aromatic N) is 1. The maximum atomic E-state index is 13.0. The summed E-state index contributed by atoms with van der Waals surface area (Å²) in [5.74, 6) is -0.272. The first-order valence-corrected chi connectivity index (χ1v) is 10.5. The molecule has 2 amide bonds. The van der Waals surface area contributed by atoms with Gasteiger partial charge in [-0.3, -0.25) is 9.59 Å². The van der Waals surface area contributed by atoms with Gasteiger partial charge in [-0.1, -0.05) is 54.1 Å². The third kappa shape index (κ3) is 5.81. The number of hydrogen-bond acceptors (Lipinski definition) is 3. The zero-order valence-electron chi connectivity index (χ0n) is 16.6. The highest BCUT2D eigenvalue weighted by Crippen LogP contribution is 2.22. The Bertz CT molecular complexity index is 826. The van der Waals surface area contributed by atoms with Crippen molar-refractivity contribution in [3.63, 3.8) is 0 Å². The normalized spacial score (nSPS) is 17.6. The van der Waals surface area contributed by atoms with Gasteiger partial charge in [0, 0.05) is 19.7 Å². The van der Waals surface area contributed by atoms with Crippen LogP contribution in [0.3, 0.4) is 0 Å². The van der Waals surface area contributed by atoms with E-state index in [4.69, 9.17) is 16.3 Å². The average molecular weight is 415 g/mol. The Balaban J connectivity index is 1.73. The van der Waals surface area contributed by atoms with Crippen LogP contribution in [-0.2, 0) is 9.53 Å². The maximum Gasteiger partial charge on any atom is 0.253 e. The Morgan fingerprint density at radius 2 is 1.90 bits per heavy atom. The summed E-state index contributed by atoms with van der Waals surface area (Å²) in [6, 6.07) is 16.0. The molecule has 1 fully saturated rings. The number of likely N-dealkylation sites (tertiary alicyclic amines) is 1. The number of amides is 2. The van der Waals surface area contributed by atoms with Crippen molar-refractivity contribution in [2.75, 3.05) is 19.7 Å². The number of carbonyl (C=O) groups excluding carboxylic acids is 2. The molecule has 0 spiro atoms. The van der Waals surface area contributed by atoms with E-state index in [-0.39, 0.29) is 24.3 Å². The van der Waals surface area contributed by atoms with Crippen LogP contribution in [-0.4, -0.2) is 42.5 Å². The van der Waals surface area contributed by atoms with E-state index in [1.165, 1.54) is 0 Å². The van der Waals surface area contributed by atoms with Gasteiger partial charge in [-0.15, -0.1) is 0 Å². The van der Waals surface area contributed by atoms with Crippen LogP contribution in [0.2, 0.25) is 5.02 Å². The molecule has 1 saturated heterocycles. The molecular weight excluding hydrogens is 388 g/mol. The summed E-state index contributed by atoms with van der Waals surface area (Å²) in [7, 11) is 0. The highest BCUT2D eigenvalue weighted by molar-refractivity contribution is 6.33. The fraction of sp³-hybridized carbons (Fsp3) is 0.391. The van der Waals surface area contributed by atoms with Gasteiger partial charge in [-0.2, -0.15) is 0 Å². The number of nitrogens with one attached hydrogen (secondary N) is 1. The largest absolute Gasteiger partial charge is 0.377 e. The van der Waals surface area contributed by atoms with E-state index in [0.717, 1.165) is 24.9 Å². The van der Waals surface area contributed by atoms with E-state index in [1.54, 1.807) is 24.3 Å². The molecule has 2 aromatic rings. The van der Waals surface area contributed by atoms with Crippen molar-refractivity contribution >= 4 is 23.4 Å². The Hall–Kier alpha value is -2.37. The van der Waals surface area contributed by atoms with Crippen molar-refractivity contribution in [3.8, 4) is 0 Å². The predicted octanol–water partition coefficient (Wildman–Crippen LogP) is 4.23. The molecule has 0 bridgehead atoms. The lowest BCUT2D eigenvalue weighted by molar-refractivity contribution is -0.135. The topological polar surface area (TPSA) is 58.6 Å². The first-order valence-electron chi connectivity index (χ1n) is 10.1. The van der Waals surface area contributed by atoms with Gasteiger partial charge in [0.05, 0.1) is 29.2 Å². The smallest absolute Gasteiger partial charge is 0.253 e. The number of rotatable bonds is 7. The van der Waals surface area contributed by atoms with Gasteiger partial charge in [0.1, 0.15) is 0 Å². The minimum absolute atomic E-state index is 0.0164. The van der Waals surface area contributed by atoms with Crippen LogP contribution in [0.25, 0.3) is 0 Å². The molecule has 154 valence electrons. The van der Waals surface area contributed by atoms with Crippen LogP contribution in [0.4, 0.5) is 0 Å². The van der Waals surface area contributed by atoms with E-state index in [1.807, 2.05) is 42.2 Å². The maximum absolute atomic E-state index is 13.0. The summed E-state index contributed by atoms with van der Waals surface area (Å²) >= 11 is 6.17. The van der Waals surface area contributed by atoms with Crippen molar-refractivity contribution in [3.05, 3.63) is 70.7 Å². The van der Waals surface area contributed by atoms with Crippen molar-refractivity contribution in [1.82, 2.24) is 10.2 Å². The lowest BCUT2D eigenvalue weighted by Gasteiger charge is -2.33. The molecule has 29 heavy (non-hydrogen) atoms. The molecule has 6 heteroatoms. The van der Waals surface area contributed by atoms with Gasteiger partial charge in [0.25, 0.3) is 5.91 Å². The van der Waals surface area contributed by atoms with Gasteiger partial charge in [-0.05, 0) is 37.5 Å². The molecule has 1 aliphatic heterocycles. The van der Waals surface area contributed by atoms with Crippen molar-refractivity contribution < 1.29 is 14.3 Å². The molecule has 0 saturated carbocycles. The van der Waals surface area contributed by atoms with Crippen LogP contribution in [0, 0.1) is 0 Å². The Labute approximate surface area is 177 Å². The van der Waals surface area contributed by atoms with Crippen LogP contribution in [0.15, 0.2) is 54.6 Å². The van der Waals surface area contributed by atoms with E-state index in [9.17, 15) is 9.59 Å². The Kier molecular flexibility index (Phi) is 7.67. The zero-order chi connectivity index (χ0) is 20.6. The third-order valence-corrected chi connectivity index (χ3v) is 5.47. The van der Waals surface area contributed by atoms with Crippen molar-refractivity contribution in [2.45, 2.75) is 38.3 Å². The molecule has 0 aliphatic carbocycles. The van der Waals surface area contributed by atoms with E-state index in [2.05, 4.69) is 5.32 Å². The number of ether oxygens (including phenoxy) is 1. The lowest BCUT2D eigenvalue weighted by Crippen LogP contribution is -2.44. The van der Waals surface area contributed by atoms with E-state index in [0.29, 0.717) is 23.7 Å². The molecule has 2 atom stereocenters. The first kappa shape index (κ1) is 21.3. The van der Waals surface area contributed by atoms with Crippen molar-refractivity contribution in [2.24, 2.45) is 0 Å². The van der Waals surface area contributed by atoms with Gasteiger partial charge in [0.15, 0.2) is 0 Å². The minimum atomic E-state index is -0.431. The molecule has 2 unspecified atom stereocenters. The minimum Gasteiger partial charge on any atom is -0.377 e. The number of benzene rings is 2. The molecule has 1 aliphatic rings. The molecule has 0 aromatic heterocycles. The molecule has 5 nitrogen and oxygen atoms in total. The van der Waals surface area contributed by atoms with Crippen LogP contribution >= 0.6 is 11.6 Å². The predicted molar refractivity (Wildman–Crippen MR) is 114 cm³/mol. The summed E-state index contributed by atoms with van der Waals surface area (Å²) in [4.78, 5) is 27.7. The van der Waals surface area contributed by atoms with Gasteiger partial charge in [-0.25, -0.2) is 0 Å². The van der Waals surface area contributed by atoms with Crippen LogP contribution < -0.4 is 5.32 Å². The summed E-state index contributed by atoms with van der Waals surface area (Å²) < 4.78 is 5.71. The molecule has 0 radical (unpaired) electrons. The molecule has 1 heterocycles. The number of halogens is 1. The summed E-state index contributed by atoms with van der Waals surface area (Å²) in [5, 5.41) is 3.38. The highest BCUT2D eigenvalue weighted by Gasteiger charge is 2.27. The fourth-order valence-corrected chi connectivity index (χ4v) is 3.88. The SMILES string of the molecule is CCOC1CCCN(C(=O)CC(NC(=O)c2ccccc2Cl)c2ccccc2)C1. The highest BCUT2D eigenvalue weighted by atomic mass is 35.5. The lowest BCUT2D eigenvalue weighted by atomic mass is 10.0. The molecule has 1 N–H and O–H groups in total. The molecular formula is C23H27ClN2O3. The average Bonchev–Trinajstić information content (AvgIpc) is 2.74. The van der Waals surface area contributed by atoms with Crippen molar-refractivity contribution in [1.29, 1.82) is 0 Å². The van der Waals surface area contributed by atoms with E-state index < -0.39 is 6.04 Å². The summed E-state index contributed by atoms with van der Waals surface area (Å²) in [5.41, 5.74) is 1.29. The summed E-state index contributed by atoms with van der Waals surface area (Å²) in [6.45, 7) is 3.94. The molecule has 3 rings (SSSR count). The second-order valence-electron chi connectivity index (χ2n) is 7.18. The third-order valence-electron chi connectivity index (χ3n) is 5.14. The van der Waals surface area contributed by atoms with Crippen LogP contribution in [0.1, 0.15) is 48.1 Å². The number of piperidine rings is 1. The van der Waals surface area contributed by atoms with E-state index >= 15 is 0 Å². The quantitative estimate of drug-likeness (QED) is 0.737. The second kappa shape index (κ2) is 10.4. The number of carbonyl (C=O) groups is 2. The molecule has 2 aromatic carbocycles. The fourth-order valence-electron chi connectivity index (χ4n) is 3.66. The van der Waals surface area contributed by atoms with Gasteiger partial charge < -0.3 is 15.0 Å². The second-order valence-corrected chi connectivity index (χ2v) is 7.59.